The summed E-state index contributed by atoms with van der Waals surface area (Å²) in [5.41, 5.74) is 9.32. The summed E-state index contributed by atoms with van der Waals surface area (Å²) in [4.78, 5) is 28.8. The van der Waals surface area contributed by atoms with E-state index in [-0.39, 0.29) is 5.91 Å². The fraction of sp³-hybridized carbons (Fsp3) is 0.391. The van der Waals surface area contributed by atoms with Crippen molar-refractivity contribution in [2.45, 2.75) is 49.9 Å². The van der Waals surface area contributed by atoms with Gasteiger partial charge in [-0.3, -0.25) is 9.59 Å². The summed E-state index contributed by atoms with van der Waals surface area (Å²) in [5, 5.41) is 10.6. The zero-order valence-corrected chi connectivity index (χ0v) is 18.0. The number of hydrogen-bond donors (Lipinski definition) is 2. The molecule has 3 N–H and O–H groups in total. The number of rotatable bonds is 6. The normalized spacial score (nSPS) is 24.9. The van der Waals surface area contributed by atoms with Gasteiger partial charge in [0.2, 0.25) is 5.91 Å². The average molecular weight is 426 g/mol. The van der Waals surface area contributed by atoms with Crippen LogP contribution in [-0.2, 0) is 22.6 Å². The summed E-state index contributed by atoms with van der Waals surface area (Å²) in [5.74, 6) is -0.183. The number of amides is 2. The molecule has 4 atom stereocenters. The van der Waals surface area contributed by atoms with E-state index in [0.717, 1.165) is 16.7 Å². The minimum atomic E-state index is -1.34. The van der Waals surface area contributed by atoms with E-state index in [1.54, 1.807) is 11.8 Å². The van der Waals surface area contributed by atoms with Crippen molar-refractivity contribution >= 4 is 23.6 Å². The molecule has 6 nitrogen and oxygen atoms in total. The lowest BCUT2D eigenvalue weighted by Gasteiger charge is -2.53. The van der Waals surface area contributed by atoms with Crippen LogP contribution in [0.2, 0.25) is 0 Å². The SMILES string of the molecule is Cc1ccccc1CN1C(=O)[C@H]2N(C(=O)[C@@H](O)[C@@H](N)Cc3ccccc3)CSC21C. The van der Waals surface area contributed by atoms with Crippen LogP contribution >= 0.6 is 11.8 Å². The molecule has 0 spiro atoms. The Bertz CT molecular complexity index is 954. The molecule has 30 heavy (non-hydrogen) atoms. The summed E-state index contributed by atoms with van der Waals surface area (Å²) in [7, 11) is 0. The number of β-lactam (4-membered cyclic amide) rings is 1. The van der Waals surface area contributed by atoms with E-state index < -0.39 is 29.0 Å². The van der Waals surface area contributed by atoms with Crippen molar-refractivity contribution in [1.29, 1.82) is 0 Å². The van der Waals surface area contributed by atoms with Crippen LogP contribution in [-0.4, -0.2) is 55.7 Å². The van der Waals surface area contributed by atoms with Gasteiger partial charge < -0.3 is 20.6 Å². The molecule has 0 saturated carbocycles. The number of carbonyl (C=O) groups is 2. The maximum absolute atomic E-state index is 13.0. The fourth-order valence-corrected chi connectivity index (χ4v) is 5.64. The molecule has 2 aliphatic rings. The van der Waals surface area contributed by atoms with E-state index in [1.165, 1.54) is 4.90 Å². The summed E-state index contributed by atoms with van der Waals surface area (Å²) in [6.45, 7) is 4.54. The van der Waals surface area contributed by atoms with Crippen molar-refractivity contribution in [3.8, 4) is 0 Å². The highest BCUT2D eigenvalue weighted by Gasteiger charge is 2.65. The highest BCUT2D eigenvalue weighted by atomic mass is 32.2. The number of fused-ring (bicyclic) bond motifs is 1. The van der Waals surface area contributed by atoms with Crippen LogP contribution in [0.4, 0.5) is 0 Å². The highest BCUT2D eigenvalue weighted by molar-refractivity contribution is 8.01. The average Bonchev–Trinajstić information content (AvgIpc) is 3.06. The Balaban J connectivity index is 1.44. The first-order chi connectivity index (χ1) is 14.3. The second kappa shape index (κ2) is 8.06. The fourth-order valence-electron chi connectivity index (χ4n) is 4.27. The molecule has 2 aromatic rings. The molecule has 2 aliphatic heterocycles. The quantitative estimate of drug-likeness (QED) is 0.690. The van der Waals surface area contributed by atoms with Crippen LogP contribution in [0.3, 0.4) is 0 Å². The number of nitrogens with two attached hydrogens (primary N) is 1. The Morgan fingerprint density at radius 3 is 2.60 bits per heavy atom. The van der Waals surface area contributed by atoms with Crippen molar-refractivity contribution in [3.63, 3.8) is 0 Å². The summed E-state index contributed by atoms with van der Waals surface area (Å²) in [6.07, 6.45) is -0.948. The molecule has 2 saturated heterocycles. The number of aryl methyl sites for hydroxylation is 1. The van der Waals surface area contributed by atoms with Crippen molar-refractivity contribution < 1.29 is 14.7 Å². The Morgan fingerprint density at radius 2 is 1.90 bits per heavy atom. The molecule has 0 bridgehead atoms. The van der Waals surface area contributed by atoms with E-state index in [0.29, 0.717) is 18.8 Å². The molecule has 7 heteroatoms. The number of aliphatic hydroxyl groups is 1. The number of carbonyl (C=O) groups excluding carboxylic acids is 2. The maximum atomic E-state index is 13.0. The molecule has 2 fully saturated rings. The largest absolute Gasteiger partial charge is 0.382 e. The molecule has 2 aromatic carbocycles. The smallest absolute Gasteiger partial charge is 0.254 e. The summed E-state index contributed by atoms with van der Waals surface area (Å²) < 4.78 is 0. The first kappa shape index (κ1) is 20.9. The molecule has 1 unspecified atom stereocenters. The summed E-state index contributed by atoms with van der Waals surface area (Å²) in [6, 6.07) is 16.2. The molecule has 0 radical (unpaired) electrons. The third-order valence-electron chi connectivity index (χ3n) is 6.20. The Kier molecular flexibility index (Phi) is 5.61. The van der Waals surface area contributed by atoms with Gasteiger partial charge in [0.05, 0.1) is 5.88 Å². The van der Waals surface area contributed by atoms with Gasteiger partial charge in [-0.05, 0) is 37.0 Å². The minimum Gasteiger partial charge on any atom is -0.382 e. The second-order valence-corrected chi connectivity index (χ2v) is 9.56. The number of thioether (sulfide) groups is 1. The van der Waals surface area contributed by atoms with Crippen LogP contribution in [0.25, 0.3) is 0 Å². The topological polar surface area (TPSA) is 86.9 Å². The molecule has 2 amide bonds. The van der Waals surface area contributed by atoms with Gasteiger partial charge in [-0.25, -0.2) is 0 Å². The Morgan fingerprint density at radius 1 is 1.23 bits per heavy atom. The second-order valence-electron chi connectivity index (χ2n) is 8.19. The van der Waals surface area contributed by atoms with Crippen LogP contribution < -0.4 is 5.73 Å². The lowest BCUT2D eigenvalue weighted by molar-refractivity contribution is -0.168. The van der Waals surface area contributed by atoms with E-state index in [1.807, 2.05) is 73.3 Å². The van der Waals surface area contributed by atoms with Crippen molar-refractivity contribution in [2.75, 3.05) is 5.88 Å². The van der Waals surface area contributed by atoms with Crippen LogP contribution in [0.15, 0.2) is 54.6 Å². The predicted molar refractivity (Wildman–Crippen MR) is 117 cm³/mol. The van der Waals surface area contributed by atoms with Gasteiger partial charge in [-0.1, -0.05) is 54.6 Å². The molecular formula is C23H27N3O3S. The van der Waals surface area contributed by atoms with Crippen molar-refractivity contribution in [2.24, 2.45) is 5.73 Å². The zero-order valence-electron chi connectivity index (χ0n) is 17.2. The predicted octanol–water partition coefficient (Wildman–Crippen LogP) is 1.89. The van der Waals surface area contributed by atoms with E-state index in [4.69, 9.17) is 5.73 Å². The first-order valence-electron chi connectivity index (χ1n) is 10.1. The van der Waals surface area contributed by atoms with E-state index >= 15 is 0 Å². The molecule has 2 heterocycles. The number of nitrogens with zero attached hydrogens (tertiary/aromatic N) is 2. The Labute approximate surface area is 181 Å². The monoisotopic (exact) mass is 425 g/mol. The molecule has 0 aromatic heterocycles. The van der Waals surface area contributed by atoms with E-state index in [9.17, 15) is 14.7 Å². The van der Waals surface area contributed by atoms with Crippen molar-refractivity contribution in [3.05, 3.63) is 71.3 Å². The first-order valence-corrected chi connectivity index (χ1v) is 11.1. The van der Waals surface area contributed by atoms with Crippen LogP contribution in [0.5, 0.6) is 0 Å². The van der Waals surface area contributed by atoms with E-state index in [2.05, 4.69) is 0 Å². The zero-order chi connectivity index (χ0) is 21.5. The number of likely N-dealkylation sites (tertiary alicyclic amines) is 1. The van der Waals surface area contributed by atoms with Gasteiger partial charge in [-0.2, -0.15) is 0 Å². The van der Waals surface area contributed by atoms with Crippen molar-refractivity contribution in [1.82, 2.24) is 9.80 Å². The molecular weight excluding hydrogens is 398 g/mol. The van der Waals surface area contributed by atoms with Gasteiger partial charge in [0, 0.05) is 12.6 Å². The maximum Gasteiger partial charge on any atom is 0.254 e. The van der Waals surface area contributed by atoms with Gasteiger partial charge in [0.25, 0.3) is 5.91 Å². The third-order valence-corrected chi connectivity index (χ3v) is 7.63. The lowest BCUT2D eigenvalue weighted by atomic mass is 9.92. The molecule has 0 aliphatic carbocycles. The third kappa shape index (κ3) is 3.51. The molecule has 4 rings (SSSR count). The van der Waals surface area contributed by atoms with Gasteiger partial charge in [0.15, 0.2) is 0 Å². The standard InChI is InChI=1S/C23H27N3O3S/c1-15-8-6-7-11-17(15)13-26-22(29)20-23(26,2)30-14-25(20)21(28)19(27)18(24)12-16-9-4-3-5-10-16/h3-11,18-20,27H,12-14,24H2,1-2H3/t18-,19-,20+,23?/m0/s1. The van der Waals surface area contributed by atoms with Gasteiger partial charge in [0.1, 0.15) is 17.0 Å². The highest BCUT2D eigenvalue weighted by Crippen LogP contribution is 2.51. The minimum absolute atomic E-state index is 0.0806. The molecule has 158 valence electrons. The number of hydrogen-bond acceptors (Lipinski definition) is 5. The summed E-state index contributed by atoms with van der Waals surface area (Å²) >= 11 is 1.56. The number of aliphatic hydroxyl groups excluding tert-OH is 1. The Hall–Kier alpha value is -2.35. The van der Waals surface area contributed by atoms with Gasteiger partial charge >= 0.3 is 0 Å². The van der Waals surface area contributed by atoms with Crippen LogP contribution in [0.1, 0.15) is 23.6 Å². The van der Waals surface area contributed by atoms with Gasteiger partial charge in [-0.15, -0.1) is 11.8 Å². The number of benzene rings is 2. The lowest BCUT2D eigenvalue weighted by Crippen LogP contribution is -2.73. The van der Waals surface area contributed by atoms with Crippen LogP contribution in [0, 0.1) is 6.92 Å².